The highest BCUT2D eigenvalue weighted by atomic mass is 16.5. The van der Waals surface area contributed by atoms with Crippen molar-refractivity contribution in [2.24, 2.45) is 0 Å². The van der Waals surface area contributed by atoms with E-state index in [9.17, 15) is 4.79 Å². The molecule has 118 valence electrons. The van der Waals surface area contributed by atoms with E-state index in [0.29, 0.717) is 19.1 Å². The minimum atomic E-state index is -0.0692. The normalized spacial score (nSPS) is 19.5. The van der Waals surface area contributed by atoms with Crippen LogP contribution >= 0.6 is 0 Å². The topological polar surface area (TPSA) is 61.6 Å². The van der Waals surface area contributed by atoms with Gasteiger partial charge < -0.3 is 14.7 Å². The molecular formula is C15H26N4O2. The smallest absolute Gasteiger partial charge is 0.317 e. The second-order valence-corrected chi connectivity index (χ2v) is 5.90. The van der Waals surface area contributed by atoms with E-state index in [1.807, 2.05) is 13.0 Å². The summed E-state index contributed by atoms with van der Waals surface area (Å²) < 4.78 is 5.00. The summed E-state index contributed by atoms with van der Waals surface area (Å²) in [4.78, 5) is 16.1. The van der Waals surface area contributed by atoms with Crippen LogP contribution in [0.1, 0.15) is 37.6 Å². The molecule has 1 aliphatic heterocycles. The zero-order chi connectivity index (χ0) is 15.2. The van der Waals surface area contributed by atoms with Gasteiger partial charge in [0.05, 0.1) is 6.54 Å². The predicted molar refractivity (Wildman–Crippen MR) is 81.0 cm³/mol. The first-order chi connectivity index (χ1) is 10.1. The molecule has 6 nitrogen and oxygen atoms in total. The van der Waals surface area contributed by atoms with Gasteiger partial charge in [-0.2, -0.15) is 0 Å². The van der Waals surface area contributed by atoms with Crippen LogP contribution in [0.3, 0.4) is 0 Å². The van der Waals surface area contributed by atoms with E-state index in [-0.39, 0.29) is 6.03 Å². The first-order valence-corrected chi connectivity index (χ1v) is 7.71. The van der Waals surface area contributed by atoms with Crippen LogP contribution in [0, 0.1) is 6.92 Å². The second kappa shape index (κ2) is 7.45. The molecule has 21 heavy (non-hydrogen) atoms. The van der Waals surface area contributed by atoms with Crippen LogP contribution in [0.4, 0.5) is 4.79 Å². The fourth-order valence-corrected chi connectivity index (χ4v) is 2.74. The van der Waals surface area contributed by atoms with Crippen molar-refractivity contribution in [3.63, 3.8) is 0 Å². The van der Waals surface area contributed by atoms with Gasteiger partial charge in [-0.1, -0.05) is 11.6 Å². The molecule has 1 fully saturated rings. The third-order valence-electron chi connectivity index (χ3n) is 4.04. The lowest BCUT2D eigenvalue weighted by atomic mass is 10.0. The SMILES string of the molecule is Cc1cc(CN(C)C(=O)NCCN2CCCC[C@@H]2C)no1. The summed E-state index contributed by atoms with van der Waals surface area (Å²) in [5.74, 6) is 0.762. The number of piperidine rings is 1. The largest absolute Gasteiger partial charge is 0.361 e. The Labute approximate surface area is 126 Å². The van der Waals surface area contributed by atoms with E-state index in [1.165, 1.54) is 19.3 Å². The number of likely N-dealkylation sites (tertiary alicyclic amines) is 1. The zero-order valence-electron chi connectivity index (χ0n) is 13.3. The fourth-order valence-electron chi connectivity index (χ4n) is 2.74. The number of nitrogens with one attached hydrogen (secondary N) is 1. The highest BCUT2D eigenvalue weighted by Gasteiger charge is 2.18. The monoisotopic (exact) mass is 294 g/mol. The van der Waals surface area contributed by atoms with Crippen LogP contribution in [0.5, 0.6) is 0 Å². The third kappa shape index (κ3) is 4.74. The van der Waals surface area contributed by atoms with E-state index in [0.717, 1.165) is 24.5 Å². The van der Waals surface area contributed by atoms with Crippen molar-refractivity contribution in [2.45, 2.75) is 45.7 Å². The summed E-state index contributed by atoms with van der Waals surface area (Å²) in [5, 5.41) is 6.86. The number of carbonyl (C=O) groups is 1. The van der Waals surface area contributed by atoms with Crippen LogP contribution in [-0.2, 0) is 6.54 Å². The van der Waals surface area contributed by atoms with Crippen LogP contribution < -0.4 is 5.32 Å². The maximum Gasteiger partial charge on any atom is 0.317 e. The average Bonchev–Trinajstić information content (AvgIpc) is 2.86. The van der Waals surface area contributed by atoms with Crippen molar-refractivity contribution < 1.29 is 9.32 Å². The van der Waals surface area contributed by atoms with Gasteiger partial charge in [-0.25, -0.2) is 4.79 Å². The first-order valence-electron chi connectivity index (χ1n) is 7.71. The summed E-state index contributed by atoms with van der Waals surface area (Å²) >= 11 is 0. The highest BCUT2D eigenvalue weighted by Crippen LogP contribution is 2.15. The van der Waals surface area contributed by atoms with E-state index in [4.69, 9.17) is 4.52 Å². The molecule has 0 spiro atoms. The number of amides is 2. The third-order valence-corrected chi connectivity index (χ3v) is 4.04. The van der Waals surface area contributed by atoms with E-state index in [1.54, 1.807) is 11.9 Å². The van der Waals surface area contributed by atoms with E-state index in [2.05, 4.69) is 22.3 Å². The number of aryl methyl sites for hydroxylation is 1. The Morgan fingerprint density at radius 3 is 3.05 bits per heavy atom. The van der Waals surface area contributed by atoms with Gasteiger partial charge in [0.1, 0.15) is 11.5 Å². The first kappa shape index (κ1) is 15.8. The Morgan fingerprint density at radius 1 is 1.57 bits per heavy atom. The van der Waals surface area contributed by atoms with Gasteiger partial charge in [-0.05, 0) is 33.2 Å². The van der Waals surface area contributed by atoms with Crippen molar-refractivity contribution in [2.75, 3.05) is 26.7 Å². The Bertz CT molecular complexity index is 460. The maximum atomic E-state index is 12.0. The van der Waals surface area contributed by atoms with Crippen LogP contribution in [0.25, 0.3) is 0 Å². The van der Waals surface area contributed by atoms with Crippen LogP contribution in [0.15, 0.2) is 10.6 Å². The molecule has 0 saturated carbocycles. The molecule has 1 saturated heterocycles. The van der Waals surface area contributed by atoms with Crippen LogP contribution in [-0.4, -0.2) is 53.7 Å². The van der Waals surface area contributed by atoms with Crippen molar-refractivity contribution in [3.8, 4) is 0 Å². The predicted octanol–water partition coefficient (Wildman–Crippen LogP) is 2.00. The Hall–Kier alpha value is -1.56. The molecule has 0 aromatic carbocycles. The van der Waals surface area contributed by atoms with Crippen molar-refractivity contribution in [1.82, 2.24) is 20.3 Å². The minimum Gasteiger partial charge on any atom is -0.361 e. The van der Waals surface area contributed by atoms with Gasteiger partial charge in [-0.3, -0.25) is 4.90 Å². The van der Waals surface area contributed by atoms with E-state index >= 15 is 0 Å². The summed E-state index contributed by atoms with van der Waals surface area (Å²) in [5.41, 5.74) is 0.773. The molecule has 1 aromatic heterocycles. The Morgan fingerprint density at radius 2 is 2.38 bits per heavy atom. The average molecular weight is 294 g/mol. The van der Waals surface area contributed by atoms with Gasteiger partial charge in [-0.15, -0.1) is 0 Å². The van der Waals surface area contributed by atoms with Crippen molar-refractivity contribution in [1.29, 1.82) is 0 Å². The molecule has 0 unspecified atom stereocenters. The number of hydrogen-bond acceptors (Lipinski definition) is 4. The molecule has 2 rings (SSSR count). The molecule has 0 bridgehead atoms. The standard InChI is InChI=1S/C15H26N4O2/c1-12-6-4-5-8-19(12)9-7-16-15(20)18(3)11-14-10-13(2)21-17-14/h10,12H,4-9,11H2,1-3H3,(H,16,20)/t12-/m0/s1. The van der Waals surface area contributed by atoms with Crippen LogP contribution in [0.2, 0.25) is 0 Å². The minimum absolute atomic E-state index is 0.0692. The Kier molecular flexibility index (Phi) is 5.61. The van der Waals surface area contributed by atoms with Gasteiger partial charge in [0, 0.05) is 32.2 Å². The molecular weight excluding hydrogens is 268 g/mol. The second-order valence-electron chi connectivity index (χ2n) is 5.90. The lowest BCUT2D eigenvalue weighted by Gasteiger charge is -2.33. The summed E-state index contributed by atoms with van der Waals surface area (Å²) in [6.07, 6.45) is 3.85. The molecule has 1 aliphatic rings. The molecule has 2 heterocycles. The Balaban J connectivity index is 1.68. The molecule has 0 aliphatic carbocycles. The molecule has 2 amide bonds. The number of nitrogens with zero attached hydrogens (tertiary/aromatic N) is 3. The van der Waals surface area contributed by atoms with Gasteiger partial charge in [0.2, 0.25) is 0 Å². The number of hydrogen-bond donors (Lipinski definition) is 1. The quantitative estimate of drug-likeness (QED) is 0.902. The van der Waals surface area contributed by atoms with Gasteiger partial charge in [0.25, 0.3) is 0 Å². The summed E-state index contributed by atoms with van der Waals surface area (Å²) in [7, 11) is 1.77. The lowest BCUT2D eigenvalue weighted by Crippen LogP contribution is -2.44. The highest BCUT2D eigenvalue weighted by molar-refractivity contribution is 5.73. The lowest BCUT2D eigenvalue weighted by molar-refractivity contribution is 0.159. The molecule has 6 heteroatoms. The van der Waals surface area contributed by atoms with Gasteiger partial charge >= 0.3 is 6.03 Å². The number of rotatable bonds is 5. The molecule has 1 atom stereocenters. The van der Waals surface area contributed by atoms with E-state index < -0.39 is 0 Å². The summed E-state index contributed by atoms with van der Waals surface area (Å²) in [6.45, 7) is 7.32. The van der Waals surface area contributed by atoms with Gasteiger partial charge in [0.15, 0.2) is 0 Å². The number of carbonyl (C=O) groups excluding carboxylic acids is 1. The zero-order valence-corrected chi connectivity index (χ0v) is 13.3. The molecule has 1 N–H and O–H groups in total. The molecule has 0 radical (unpaired) electrons. The fraction of sp³-hybridized carbons (Fsp3) is 0.733. The van der Waals surface area contributed by atoms with Crippen molar-refractivity contribution >= 4 is 6.03 Å². The maximum absolute atomic E-state index is 12.0. The molecule has 1 aromatic rings. The summed E-state index contributed by atoms with van der Waals surface area (Å²) in [6, 6.07) is 2.41. The number of urea groups is 1. The number of aromatic nitrogens is 1. The van der Waals surface area contributed by atoms with Crippen molar-refractivity contribution in [3.05, 3.63) is 17.5 Å².